The van der Waals surface area contributed by atoms with Crippen LogP contribution in [0.3, 0.4) is 0 Å². The molecule has 0 fully saturated rings. The highest BCUT2D eigenvalue weighted by Gasteiger charge is 2.28. The van der Waals surface area contributed by atoms with E-state index >= 15 is 0 Å². The van der Waals surface area contributed by atoms with E-state index in [1.165, 1.54) is 38.5 Å². The third-order valence-electron chi connectivity index (χ3n) is 11.5. The highest BCUT2D eigenvalue weighted by Crippen LogP contribution is 2.43. The molecule has 0 spiro atoms. The summed E-state index contributed by atoms with van der Waals surface area (Å²) in [6.45, 7) is 4.38. The van der Waals surface area contributed by atoms with Gasteiger partial charge in [-0.15, -0.1) is 0 Å². The highest BCUT2D eigenvalue weighted by molar-refractivity contribution is 7.47. The van der Waals surface area contributed by atoms with E-state index < -0.39 is 57.8 Å². The van der Waals surface area contributed by atoms with Crippen LogP contribution in [0.15, 0.2) is 97.2 Å². The molecule has 0 aliphatic carbocycles. The van der Waals surface area contributed by atoms with E-state index in [0.29, 0.717) is 19.3 Å². The molecule has 412 valence electrons. The molecule has 0 heterocycles. The number of unbranched alkanes of at least 4 members (excludes halogenated alkanes) is 18. The summed E-state index contributed by atoms with van der Waals surface area (Å²) in [7, 11) is -4.77. The second-order valence-electron chi connectivity index (χ2n) is 18.4. The van der Waals surface area contributed by atoms with Crippen LogP contribution in [0.5, 0.6) is 0 Å². The molecule has 0 amide bonds. The summed E-state index contributed by atoms with van der Waals surface area (Å²) in [4.78, 5) is 48.4. The van der Waals surface area contributed by atoms with E-state index in [-0.39, 0.29) is 25.9 Å². The second kappa shape index (κ2) is 53.7. The molecule has 0 aliphatic heterocycles. The van der Waals surface area contributed by atoms with Crippen molar-refractivity contribution in [2.24, 2.45) is 0 Å². The third kappa shape index (κ3) is 51.3. The van der Waals surface area contributed by atoms with Crippen molar-refractivity contribution >= 4 is 25.7 Å². The van der Waals surface area contributed by atoms with Gasteiger partial charge in [0.15, 0.2) is 6.10 Å². The number of phosphoric acid groups is 1. The number of aliphatic hydroxyl groups is 1. The Kier molecular flexibility index (Phi) is 51.0. The van der Waals surface area contributed by atoms with Crippen molar-refractivity contribution in [3.05, 3.63) is 97.2 Å². The zero-order valence-corrected chi connectivity index (χ0v) is 46.3. The highest BCUT2D eigenvalue weighted by atomic mass is 31.2. The van der Waals surface area contributed by atoms with Crippen molar-refractivity contribution < 1.29 is 52.2 Å². The minimum Gasteiger partial charge on any atom is -0.462 e. The van der Waals surface area contributed by atoms with E-state index in [9.17, 15) is 28.9 Å². The van der Waals surface area contributed by atoms with Crippen molar-refractivity contribution in [3.63, 3.8) is 0 Å². The van der Waals surface area contributed by atoms with E-state index in [2.05, 4.69) is 118 Å². The molecule has 0 aromatic carbocycles. The number of hydrogen-bond donors (Lipinski definition) is 2. The average Bonchev–Trinajstić information content (AvgIpc) is 3.37. The van der Waals surface area contributed by atoms with Gasteiger partial charge in [-0.05, 0) is 116 Å². The monoisotopic (exact) mass is 1030 g/mol. The molecule has 0 rings (SSSR count). The van der Waals surface area contributed by atoms with Crippen LogP contribution in [-0.2, 0) is 42.2 Å². The lowest BCUT2D eigenvalue weighted by atomic mass is 10.1. The van der Waals surface area contributed by atoms with E-state index in [0.717, 1.165) is 128 Å². The zero-order valence-electron chi connectivity index (χ0n) is 45.4. The molecular weight excluding hydrogens is 928 g/mol. The Labute approximate surface area is 438 Å². The summed E-state index contributed by atoms with van der Waals surface area (Å²) < 4.78 is 39.4. The van der Waals surface area contributed by atoms with Crippen LogP contribution >= 0.6 is 7.82 Å². The van der Waals surface area contributed by atoms with Crippen LogP contribution < -0.4 is 0 Å². The number of phosphoric ester groups is 1. The fourth-order valence-electron chi connectivity index (χ4n) is 7.16. The van der Waals surface area contributed by atoms with Crippen LogP contribution in [0.2, 0.25) is 0 Å². The molecule has 0 aromatic heterocycles. The number of hydrogen-bond acceptors (Lipinski definition) is 10. The van der Waals surface area contributed by atoms with Gasteiger partial charge in [0.25, 0.3) is 0 Å². The third-order valence-corrected chi connectivity index (χ3v) is 12.4. The fourth-order valence-corrected chi connectivity index (χ4v) is 7.94. The molecule has 72 heavy (non-hydrogen) atoms. The van der Waals surface area contributed by atoms with Crippen molar-refractivity contribution in [2.75, 3.05) is 26.4 Å². The first-order chi connectivity index (χ1) is 35.2. The quantitative estimate of drug-likeness (QED) is 0.0197. The molecule has 0 aromatic rings. The van der Waals surface area contributed by atoms with E-state index in [1.807, 2.05) is 0 Å². The summed E-state index contributed by atoms with van der Waals surface area (Å²) in [6.07, 6.45) is 62.3. The van der Waals surface area contributed by atoms with Gasteiger partial charge in [-0.3, -0.25) is 23.4 Å². The van der Waals surface area contributed by atoms with Crippen LogP contribution in [0.1, 0.15) is 226 Å². The van der Waals surface area contributed by atoms with E-state index in [4.69, 9.17) is 23.3 Å². The van der Waals surface area contributed by atoms with E-state index in [1.54, 1.807) is 0 Å². The molecule has 12 heteroatoms. The maximum absolute atomic E-state index is 12.9. The van der Waals surface area contributed by atoms with Gasteiger partial charge < -0.3 is 24.2 Å². The van der Waals surface area contributed by atoms with Crippen LogP contribution in [0.4, 0.5) is 0 Å². The van der Waals surface area contributed by atoms with Gasteiger partial charge in [0.2, 0.25) is 0 Å². The minimum absolute atomic E-state index is 0.120. The summed E-state index contributed by atoms with van der Waals surface area (Å²) in [6, 6.07) is 0. The molecule has 0 bridgehead atoms. The standard InChI is InChI=1S/C60H101O11P/c1-4-7-10-13-16-19-22-24-26-27-28-29-31-33-36-39-42-45-48-51-60(64)71-57(53-67-58(62)49-46-43-40-37-34-21-18-15-12-9-6-3)55-69-72(65,66)68-54-56(52-61)70-59(63)50-47-44-41-38-35-32-30-25-23-20-17-14-11-8-5-2/h8,11,15-20,24-26,28-30,35,38,56-57,61H,4-7,9-10,12-14,21-23,27,31-34,36-37,39-55H2,1-3H3,(H,65,66)/b11-8-,18-15-,19-16-,20-17-,26-24-,29-28-,30-25-,38-35-. The van der Waals surface area contributed by atoms with Crippen LogP contribution in [-0.4, -0.2) is 66.5 Å². The molecule has 2 N–H and O–H groups in total. The van der Waals surface area contributed by atoms with Gasteiger partial charge in [0.1, 0.15) is 12.7 Å². The molecule has 3 atom stereocenters. The summed E-state index contributed by atoms with van der Waals surface area (Å²) in [5.74, 6) is -1.54. The number of carbonyl (C=O) groups is 3. The van der Waals surface area contributed by atoms with Gasteiger partial charge in [-0.25, -0.2) is 4.57 Å². The topological polar surface area (TPSA) is 155 Å². The SMILES string of the molecule is CC/C=C\C/C=C\C/C=C\C/C=C\CCCCC(=O)OC(CO)COP(=O)(O)OCC(COC(=O)CCCCCCC/C=C\CCCC)OC(=O)CCCCCCCC/C=C\C/C=C\C/C=C\CCCCC. The Morgan fingerprint density at radius 3 is 1.19 bits per heavy atom. The summed E-state index contributed by atoms with van der Waals surface area (Å²) in [5, 5.41) is 9.79. The van der Waals surface area contributed by atoms with Gasteiger partial charge in [-0.2, -0.15) is 0 Å². The minimum atomic E-state index is -4.77. The fraction of sp³-hybridized carbons (Fsp3) is 0.683. The average molecular weight is 1030 g/mol. The predicted octanol–water partition coefficient (Wildman–Crippen LogP) is 16.5. The lowest BCUT2D eigenvalue weighted by molar-refractivity contribution is -0.161. The Hall–Kier alpha value is -3.60. The van der Waals surface area contributed by atoms with Crippen molar-refractivity contribution in [1.82, 2.24) is 0 Å². The van der Waals surface area contributed by atoms with Crippen LogP contribution in [0, 0.1) is 0 Å². The summed E-state index contributed by atoms with van der Waals surface area (Å²) in [5.41, 5.74) is 0. The number of esters is 3. The Morgan fingerprint density at radius 1 is 0.403 bits per heavy atom. The maximum Gasteiger partial charge on any atom is 0.472 e. The van der Waals surface area contributed by atoms with Crippen molar-refractivity contribution in [3.8, 4) is 0 Å². The lowest BCUT2D eigenvalue weighted by Gasteiger charge is -2.21. The van der Waals surface area contributed by atoms with Crippen molar-refractivity contribution in [2.45, 2.75) is 238 Å². The Bertz CT molecular complexity index is 1580. The summed E-state index contributed by atoms with van der Waals surface area (Å²) >= 11 is 0. The second-order valence-corrected chi connectivity index (χ2v) is 19.8. The molecule has 0 aliphatic rings. The van der Waals surface area contributed by atoms with Crippen LogP contribution in [0.25, 0.3) is 0 Å². The molecule has 0 saturated heterocycles. The Morgan fingerprint density at radius 2 is 0.736 bits per heavy atom. The molecule has 3 unspecified atom stereocenters. The Balaban J connectivity index is 4.77. The van der Waals surface area contributed by atoms with Crippen molar-refractivity contribution in [1.29, 1.82) is 0 Å². The molecular formula is C60H101O11P. The first-order valence-corrected chi connectivity index (χ1v) is 29.6. The first-order valence-electron chi connectivity index (χ1n) is 28.1. The number of allylic oxidation sites excluding steroid dienone is 16. The van der Waals surface area contributed by atoms with Gasteiger partial charge in [0.05, 0.1) is 19.8 Å². The maximum atomic E-state index is 12.9. The number of rotatable bonds is 51. The molecule has 0 saturated carbocycles. The smallest absolute Gasteiger partial charge is 0.462 e. The zero-order chi connectivity index (χ0) is 52.7. The first kappa shape index (κ1) is 68.4. The normalized spacial score (nSPS) is 14.1. The van der Waals surface area contributed by atoms with Gasteiger partial charge in [0, 0.05) is 19.3 Å². The van der Waals surface area contributed by atoms with Gasteiger partial charge >= 0.3 is 25.7 Å². The largest absolute Gasteiger partial charge is 0.472 e. The lowest BCUT2D eigenvalue weighted by Crippen LogP contribution is -2.30. The van der Waals surface area contributed by atoms with Gasteiger partial charge in [-0.1, -0.05) is 189 Å². The number of carbonyl (C=O) groups excluding carboxylic acids is 3. The predicted molar refractivity (Wildman–Crippen MR) is 297 cm³/mol. The molecule has 11 nitrogen and oxygen atoms in total. The number of ether oxygens (including phenoxy) is 3. The number of aliphatic hydroxyl groups excluding tert-OH is 1. The molecule has 0 radical (unpaired) electrons.